The van der Waals surface area contributed by atoms with Crippen molar-refractivity contribution in [2.75, 3.05) is 17.7 Å². The summed E-state index contributed by atoms with van der Waals surface area (Å²) < 4.78 is 5.44. The van der Waals surface area contributed by atoms with Gasteiger partial charge >= 0.3 is 0 Å². The molecule has 3 N–H and O–H groups in total. The third kappa shape index (κ3) is 7.86. The molecule has 4 aromatic rings. The number of anilines is 2. The fraction of sp³-hybridized carbons (Fsp3) is 0.222. The van der Waals surface area contributed by atoms with E-state index in [0.717, 1.165) is 29.7 Å². The second-order valence-electron chi connectivity index (χ2n) is 11.0. The largest absolute Gasteiger partial charge is 0.496 e. The van der Waals surface area contributed by atoms with Gasteiger partial charge in [0.15, 0.2) is 0 Å². The second kappa shape index (κ2) is 15.0. The molecule has 0 bridgehead atoms. The van der Waals surface area contributed by atoms with E-state index in [1.165, 1.54) is 35.1 Å². The highest BCUT2D eigenvalue weighted by molar-refractivity contribution is 8.00. The Hall–Kier alpha value is -4.85. The molecule has 0 fully saturated rings. The van der Waals surface area contributed by atoms with E-state index in [1.54, 1.807) is 67.6 Å². The number of fused-ring (bicyclic) bond motifs is 1. The molecule has 2 atom stereocenters. The number of methoxy groups -OCH3 is 1. The van der Waals surface area contributed by atoms with Gasteiger partial charge in [0, 0.05) is 26.6 Å². The van der Waals surface area contributed by atoms with Crippen molar-refractivity contribution >= 4 is 57.6 Å². The van der Waals surface area contributed by atoms with Gasteiger partial charge in [0.05, 0.1) is 17.9 Å². The number of carbonyl (C=O) groups excluding carboxylic acids is 3. The van der Waals surface area contributed by atoms with Crippen LogP contribution in [0, 0.1) is 17.2 Å². The molecular formula is C36H34N4O4S2. The summed E-state index contributed by atoms with van der Waals surface area (Å²) in [5, 5.41) is 18.6. The highest BCUT2D eigenvalue weighted by atomic mass is 32.2. The molecule has 1 aliphatic rings. The van der Waals surface area contributed by atoms with Crippen molar-refractivity contribution in [2.45, 2.75) is 43.3 Å². The Bertz CT molecular complexity index is 1830. The molecule has 234 valence electrons. The minimum atomic E-state index is -0.525. The fourth-order valence-electron chi connectivity index (χ4n) is 5.16. The maximum atomic E-state index is 13.6. The van der Waals surface area contributed by atoms with Gasteiger partial charge in [-0.1, -0.05) is 49.4 Å². The van der Waals surface area contributed by atoms with Crippen molar-refractivity contribution in [2.24, 2.45) is 5.92 Å². The second-order valence-corrected chi connectivity index (χ2v) is 13.5. The van der Waals surface area contributed by atoms with E-state index in [2.05, 4.69) is 28.9 Å². The maximum Gasteiger partial charge on any atom is 0.272 e. The molecule has 46 heavy (non-hydrogen) atoms. The number of carbonyl (C=O) groups is 3. The lowest BCUT2D eigenvalue weighted by Gasteiger charge is -2.17. The quantitative estimate of drug-likeness (QED) is 0.123. The number of benzene rings is 3. The summed E-state index contributed by atoms with van der Waals surface area (Å²) in [6.07, 6.45) is 4.40. The Morgan fingerprint density at radius 1 is 1.04 bits per heavy atom. The molecule has 1 aliphatic carbocycles. The molecule has 0 saturated heterocycles. The Morgan fingerprint density at radius 2 is 1.80 bits per heavy atom. The Balaban J connectivity index is 1.30. The third-order valence-electron chi connectivity index (χ3n) is 7.60. The summed E-state index contributed by atoms with van der Waals surface area (Å²) in [5.41, 5.74) is 3.21. The zero-order valence-electron chi connectivity index (χ0n) is 25.8. The number of thioether (sulfide) groups is 1. The van der Waals surface area contributed by atoms with E-state index in [0.29, 0.717) is 39.0 Å². The average Bonchev–Trinajstić information content (AvgIpc) is 3.40. The predicted octanol–water partition coefficient (Wildman–Crippen LogP) is 7.28. The molecule has 0 radical (unpaired) electrons. The highest BCUT2D eigenvalue weighted by Crippen LogP contribution is 2.39. The lowest BCUT2D eigenvalue weighted by Crippen LogP contribution is -2.30. The van der Waals surface area contributed by atoms with Crippen molar-refractivity contribution in [1.29, 1.82) is 5.26 Å². The number of ether oxygens (including phenoxy) is 1. The van der Waals surface area contributed by atoms with Crippen molar-refractivity contribution in [1.82, 2.24) is 5.32 Å². The van der Waals surface area contributed by atoms with Crippen LogP contribution >= 0.6 is 23.1 Å². The molecule has 8 nitrogen and oxygen atoms in total. The molecule has 1 heterocycles. The molecule has 0 aliphatic heterocycles. The molecule has 10 heteroatoms. The smallest absolute Gasteiger partial charge is 0.272 e. The molecule has 1 aromatic heterocycles. The van der Waals surface area contributed by atoms with Gasteiger partial charge in [-0.3, -0.25) is 14.4 Å². The topological polar surface area (TPSA) is 120 Å². The molecule has 0 saturated carbocycles. The first-order chi connectivity index (χ1) is 22.2. The predicted molar refractivity (Wildman–Crippen MR) is 184 cm³/mol. The van der Waals surface area contributed by atoms with Gasteiger partial charge in [0.2, 0.25) is 5.91 Å². The van der Waals surface area contributed by atoms with Crippen LogP contribution in [-0.2, 0) is 22.4 Å². The molecule has 5 rings (SSSR count). The number of rotatable bonds is 10. The summed E-state index contributed by atoms with van der Waals surface area (Å²) in [5.74, 6) is -0.0407. The SMILES string of the molecule is COc1ccccc1/C=C(/NC(=O)c1ccccc1)C(=O)Nc1cccc(SC(C)C(=O)Nc2sc3c(c2C#N)CCC(C)C3)c1. The first-order valence-electron chi connectivity index (χ1n) is 14.9. The van der Waals surface area contributed by atoms with E-state index in [4.69, 9.17) is 4.74 Å². The van der Waals surface area contributed by atoms with Crippen molar-refractivity contribution in [3.8, 4) is 11.8 Å². The summed E-state index contributed by atoms with van der Waals surface area (Å²) in [4.78, 5) is 41.7. The molecule has 0 spiro atoms. The standard InChI is InChI=1S/C36H34N4O4S2/c1-22-16-17-28-29(21-37)36(46-32(28)18-22)40-33(41)23(2)45-27-14-9-13-26(20-27)38-35(43)30(19-25-12-7-8-15-31(25)44-3)39-34(42)24-10-5-4-6-11-24/h4-15,19-20,22-23H,16-18H2,1-3H3,(H,38,43)(H,39,42)(H,40,41)/b30-19+. The normalized spacial score (nSPS) is 14.7. The highest BCUT2D eigenvalue weighted by Gasteiger charge is 2.26. The van der Waals surface area contributed by atoms with Gasteiger partial charge in [-0.2, -0.15) is 5.26 Å². The van der Waals surface area contributed by atoms with Crippen LogP contribution in [0.5, 0.6) is 5.75 Å². The van der Waals surface area contributed by atoms with Gasteiger partial charge in [-0.15, -0.1) is 23.1 Å². The number of nitrogens with one attached hydrogen (secondary N) is 3. The van der Waals surface area contributed by atoms with Crippen LogP contribution in [0.4, 0.5) is 10.7 Å². The van der Waals surface area contributed by atoms with E-state index >= 15 is 0 Å². The van der Waals surface area contributed by atoms with Crippen LogP contribution < -0.4 is 20.7 Å². The number of para-hydroxylation sites is 1. The summed E-state index contributed by atoms with van der Waals surface area (Å²) in [7, 11) is 1.54. The number of nitrogens with zero attached hydrogens (tertiary/aromatic N) is 1. The van der Waals surface area contributed by atoms with Crippen LogP contribution in [-0.4, -0.2) is 30.1 Å². The van der Waals surface area contributed by atoms with Crippen molar-refractivity contribution < 1.29 is 19.1 Å². The van der Waals surface area contributed by atoms with Crippen LogP contribution in [0.15, 0.2) is 89.5 Å². The Morgan fingerprint density at radius 3 is 2.57 bits per heavy atom. The van der Waals surface area contributed by atoms with Crippen LogP contribution in [0.25, 0.3) is 6.08 Å². The minimum Gasteiger partial charge on any atom is -0.496 e. The number of hydrogen-bond donors (Lipinski definition) is 3. The number of nitriles is 1. The Labute approximate surface area is 276 Å². The first kappa shape index (κ1) is 32.5. The van der Waals surface area contributed by atoms with Gasteiger partial charge < -0.3 is 20.7 Å². The van der Waals surface area contributed by atoms with Crippen molar-refractivity contribution in [3.63, 3.8) is 0 Å². The molecular weight excluding hydrogens is 617 g/mol. The average molecular weight is 651 g/mol. The monoisotopic (exact) mass is 650 g/mol. The minimum absolute atomic E-state index is 0.0329. The molecule has 3 amide bonds. The van der Waals surface area contributed by atoms with E-state index in [9.17, 15) is 19.6 Å². The van der Waals surface area contributed by atoms with Gasteiger partial charge in [0.1, 0.15) is 22.5 Å². The summed E-state index contributed by atoms with van der Waals surface area (Å²) in [6, 6.07) is 25.3. The fourth-order valence-corrected chi connectivity index (χ4v) is 7.45. The van der Waals surface area contributed by atoms with E-state index < -0.39 is 17.1 Å². The van der Waals surface area contributed by atoms with Gasteiger partial charge in [-0.05, 0) is 80.1 Å². The van der Waals surface area contributed by atoms with Crippen LogP contribution in [0.1, 0.15) is 52.2 Å². The maximum absolute atomic E-state index is 13.6. The number of hydrogen-bond acceptors (Lipinski definition) is 7. The van der Waals surface area contributed by atoms with E-state index in [-0.39, 0.29) is 11.6 Å². The molecule has 2 unspecified atom stereocenters. The number of thiophene rings is 1. The third-order valence-corrected chi connectivity index (χ3v) is 9.87. The van der Waals surface area contributed by atoms with Gasteiger partial charge in [0.25, 0.3) is 11.8 Å². The molecule has 3 aromatic carbocycles. The van der Waals surface area contributed by atoms with Crippen molar-refractivity contribution in [3.05, 3.63) is 112 Å². The Kier molecular flexibility index (Phi) is 10.6. The lowest BCUT2D eigenvalue weighted by atomic mass is 9.89. The number of amides is 3. The van der Waals surface area contributed by atoms with Crippen LogP contribution in [0.3, 0.4) is 0 Å². The van der Waals surface area contributed by atoms with Gasteiger partial charge in [-0.25, -0.2) is 0 Å². The first-order valence-corrected chi connectivity index (χ1v) is 16.6. The van der Waals surface area contributed by atoms with Crippen LogP contribution in [0.2, 0.25) is 0 Å². The summed E-state index contributed by atoms with van der Waals surface area (Å²) >= 11 is 2.85. The lowest BCUT2D eigenvalue weighted by molar-refractivity contribution is -0.115. The van der Waals surface area contributed by atoms with E-state index in [1.807, 2.05) is 24.3 Å². The zero-order chi connectivity index (χ0) is 32.6. The summed E-state index contributed by atoms with van der Waals surface area (Å²) in [6.45, 7) is 4.01. The zero-order valence-corrected chi connectivity index (χ0v) is 27.4.